The van der Waals surface area contributed by atoms with Crippen LogP contribution in [0.4, 0.5) is 0 Å². The largest absolute Gasteiger partial charge is 0.744 e. The van der Waals surface area contributed by atoms with Gasteiger partial charge in [0.15, 0.2) is 0 Å². The maximum absolute atomic E-state index is 11.0. The first-order valence-electron chi connectivity index (χ1n) is 8.22. The molecule has 2 aromatic carbocycles. The molecule has 6 nitrogen and oxygen atoms in total. The predicted molar refractivity (Wildman–Crippen MR) is 121 cm³/mol. The van der Waals surface area contributed by atoms with Crippen LogP contribution < -0.4 is 0 Å². The average molecular weight is 469 g/mol. The van der Waals surface area contributed by atoms with E-state index < -0.39 is 30.0 Å². The standard InChI is InChI=1S/C10H8O6S2.2C4H12P/c11-17(12,13)9-5-1-3-7-8(9)4-2-6-10(7)18(14,15)16;2*1-5(2,3)4/h1-6H,(H,11,12,13)(H,14,15,16);2*1-4H3/q;2*+1/p-2. The highest BCUT2D eigenvalue weighted by atomic mass is 32.2. The van der Waals surface area contributed by atoms with Crippen molar-refractivity contribution in [1.29, 1.82) is 0 Å². The van der Waals surface area contributed by atoms with E-state index in [4.69, 9.17) is 0 Å². The molecule has 0 aromatic heterocycles. The van der Waals surface area contributed by atoms with Crippen molar-refractivity contribution in [2.75, 3.05) is 53.3 Å². The van der Waals surface area contributed by atoms with Crippen molar-refractivity contribution in [3.05, 3.63) is 36.4 Å². The van der Waals surface area contributed by atoms with Crippen LogP contribution >= 0.6 is 14.5 Å². The molecule has 0 aliphatic heterocycles. The molecule has 0 bridgehead atoms. The Bertz CT molecular complexity index is 907. The first-order chi connectivity index (χ1) is 12.2. The Kier molecular flexibility index (Phi) is 9.70. The zero-order valence-corrected chi connectivity index (χ0v) is 21.0. The second kappa shape index (κ2) is 9.92. The van der Waals surface area contributed by atoms with Gasteiger partial charge in [-0.2, -0.15) is 0 Å². The molecule has 0 saturated heterocycles. The minimum absolute atomic E-state index is 0.0792. The van der Waals surface area contributed by atoms with Crippen LogP contribution in [0.2, 0.25) is 0 Å². The molecule has 28 heavy (non-hydrogen) atoms. The summed E-state index contributed by atoms with van der Waals surface area (Å²) < 4.78 is 66.1. The molecule has 0 atom stereocenters. The van der Waals surface area contributed by atoms with E-state index in [-0.39, 0.29) is 25.3 Å². The zero-order valence-electron chi connectivity index (χ0n) is 17.6. The molecule has 0 unspecified atom stereocenters. The van der Waals surface area contributed by atoms with Crippen molar-refractivity contribution in [3.8, 4) is 0 Å². The van der Waals surface area contributed by atoms with Crippen LogP contribution in [-0.2, 0) is 20.2 Å². The molecule has 0 fully saturated rings. The Balaban J connectivity index is 0.000000607. The Hall–Kier alpha value is -0.620. The minimum atomic E-state index is -4.74. The lowest BCUT2D eigenvalue weighted by molar-refractivity contribution is 0.461. The Labute approximate surface area is 170 Å². The zero-order chi connectivity index (χ0) is 22.6. The third-order valence-electron chi connectivity index (χ3n) is 2.38. The SMILES string of the molecule is C[P+](C)(C)C.C[P+](C)(C)C.O=S(=O)([O-])c1cccc2c(S(=O)(=O)[O-])cccc12. The van der Waals surface area contributed by atoms with Crippen molar-refractivity contribution in [3.63, 3.8) is 0 Å². The van der Waals surface area contributed by atoms with Crippen molar-refractivity contribution >= 4 is 45.5 Å². The number of benzene rings is 2. The van der Waals surface area contributed by atoms with Crippen molar-refractivity contribution < 1.29 is 25.9 Å². The molecule has 0 aliphatic rings. The molecular formula is C18H30O6P2S2. The van der Waals surface area contributed by atoms with Gasteiger partial charge in [-0.15, -0.1) is 0 Å². The van der Waals surface area contributed by atoms with Crippen LogP contribution in [0.25, 0.3) is 10.8 Å². The fraction of sp³-hybridized carbons (Fsp3) is 0.444. The van der Waals surface area contributed by atoms with Crippen LogP contribution in [0.3, 0.4) is 0 Å². The fourth-order valence-electron chi connectivity index (χ4n) is 1.69. The topological polar surface area (TPSA) is 114 Å². The highest BCUT2D eigenvalue weighted by Crippen LogP contribution is 2.40. The van der Waals surface area contributed by atoms with E-state index in [9.17, 15) is 25.9 Å². The lowest BCUT2D eigenvalue weighted by atomic mass is 10.1. The number of hydrogen-bond acceptors (Lipinski definition) is 6. The smallest absolute Gasteiger partial charge is 0.125 e. The summed E-state index contributed by atoms with van der Waals surface area (Å²) in [6, 6.07) is 7.09. The summed E-state index contributed by atoms with van der Waals surface area (Å²) >= 11 is 0. The van der Waals surface area contributed by atoms with Crippen LogP contribution in [0.15, 0.2) is 46.2 Å². The average Bonchev–Trinajstić information content (AvgIpc) is 2.40. The molecule has 0 amide bonds. The first kappa shape index (κ1) is 27.4. The van der Waals surface area contributed by atoms with Crippen LogP contribution in [0.1, 0.15) is 0 Å². The Morgan fingerprint density at radius 2 is 0.786 bits per heavy atom. The quantitative estimate of drug-likeness (QED) is 0.490. The summed E-state index contributed by atoms with van der Waals surface area (Å²) in [7, 11) is -10.3. The molecule has 0 heterocycles. The summed E-state index contributed by atoms with van der Waals surface area (Å²) in [6.45, 7) is 18.4. The number of fused-ring (bicyclic) bond motifs is 1. The van der Waals surface area contributed by atoms with E-state index in [0.29, 0.717) is 0 Å². The highest BCUT2D eigenvalue weighted by Gasteiger charge is 2.12. The minimum Gasteiger partial charge on any atom is -0.744 e. The summed E-state index contributed by atoms with van der Waals surface area (Å²) in [5.41, 5.74) is 0. The molecule has 0 N–H and O–H groups in total. The van der Waals surface area contributed by atoms with Crippen molar-refractivity contribution in [2.45, 2.75) is 9.79 Å². The molecule has 10 heteroatoms. The summed E-state index contributed by atoms with van der Waals surface area (Å²) in [4.78, 5) is -1.10. The second-order valence-corrected chi connectivity index (χ2v) is 22.3. The Morgan fingerprint density at radius 3 is 0.964 bits per heavy atom. The predicted octanol–water partition coefficient (Wildman–Crippen LogP) is 3.69. The van der Waals surface area contributed by atoms with Crippen LogP contribution in [0, 0.1) is 0 Å². The van der Waals surface area contributed by atoms with Gasteiger partial charge in [0.05, 0.1) is 9.79 Å². The second-order valence-electron chi connectivity index (χ2n) is 8.88. The summed E-state index contributed by atoms with van der Waals surface area (Å²) in [5.74, 6) is 0. The molecule has 160 valence electrons. The summed E-state index contributed by atoms with van der Waals surface area (Å²) in [5, 5.41) is -0.158. The van der Waals surface area contributed by atoms with Gasteiger partial charge in [0.2, 0.25) is 0 Å². The van der Waals surface area contributed by atoms with Gasteiger partial charge in [-0.1, -0.05) is 24.3 Å². The van der Waals surface area contributed by atoms with Crippen LogP contribution in [-0.4, -0.2) is 79.3 Å². The van der Waals surface area contributed by atoms with E-state index in [1.54, 1.807) is 0 Å². The van der Waals surface area contributed by atoms with Gasteiger partial charge in [0, 0.05) is 78.6 Å². The summed E-state index contributed by atoms with van der Waals surface area (Å²) in [6.07, 6.45) is 0. The molecule has 0 saturated carbocycles. The van der Waals surface area contributed by atoms with Gasteiger partial charge >= 0.3 is 0 Å². The normalized spacial score (nSPS) is 12.5. The monoisotopic (exact) mass is 468 g/mol. The molecular weight excluding hydrogens is 438 g/mol. The maximum atomic E-state index is 11.0. The van der Waals surface area contributed by atoms with Gasteiger partial charge in [-0.3, -0.25) is 0 Å². The van der Waals surface area contributed by atoms with Crippen molar-refractivity contribution in [1.82, 2.24) is 0 Å². The van der Waals surface area contributed by atoms with E-state index in [0.717, 1.165) is 12.1 Å². The van der Waals surface area contributed by atoms with Crippen molar-refractivity contribution in [2.24, 2.45) is 0 Å². The van der Waals surface area contributed by atoms with Crippen LogP contribution in [0.5, 0.6) is 0 Å². The number of hydrogen-bond donors (Lipinski definition) is 0. The number of rotatable bonds is 2. The van der Waals surface area contributed by atoms with Gasteiger partial charge in [-0.05, 0) is 12.1 Å². The first-order valence-corrected chi connectivity index (χ1v) is 18.2. The van der Waals surface area contributed by atoms with E-state index in [2.05, 4.69) is 53.3 Å². The van der Waals surface area contributed by atoms with E-state index in [1.807, 2.05) is 0 Å². The van der Waals surface area contributed by atoms with E-state index >= 15 is 0 Å². The molecule has 0 spiro atoms. The van der Waals surface area contributed by atoms with Gasteiger partial charge in [0.25, 0.3) is 0 Å². The Morgan fingerprint density at radius 1 is 0.571 bits per heavy atom. The molecule has 2 aromatic rings. The van der Waals surface area contributed by atoms with Gasteiger partial charge in [-0.25, -0.2) is 16.8 Å². The van der Waals surface area contributed by atoms with Gasteiger partial charge in [0.1, 0.15) is 20.2 Å². The third kappa shape index (κ3) is 12.1. The molecule has 0 radical (unpaired) electrons. The van der Waals surface area contributed by atoms with Gasteiger partial charge < -0.3 is 9.11 Å². The highest BCUT2D eigenvalue weighted by molar-refractivity contribution is 7.86. The maximum Gasteiger partial charge on any atom is 0.125 e. The third-order valence-corrected chi connectivity index (χ3v) is 4.17. The molecule has 2 rings (SSSR count). The lowest BCUT2D eigenvalue weighted by Crippen LogP contribution is -2.03. The molecule has 0 aliphatic carbocycles. The fourth-order valence-corrected chi connectivity index (χ4v) is 3.07. The lowest BCUT2D eigenvalue weighted by Gasteiger charge is -2.14. The van der Waals surface area contributed by atoms with E-state index in [1.165, 1.54) is 24.3 Å².